The summed E-state index contributed by atoms with van der Waals surface area (Å²) in [5.74, 6) is -0.838. The first-order valence-corrected chi connectivity index (χ1v) is 11.7. The molecule has 0 unspecified atom stereocenters. The molecule has 8 nitrogen and oxygen atoms in total. The molecule has 0 atom stereocenters. The summed E-state index contributed by atoms with van der Waals surface area (Å²) in [6, 6.07) is 0. The van der Waals surface area contributed by atoms with Crippen molar-refractivity contribution < 1.29 is 38.1 Å². The largest absolute Gasteiger partial charge is 0.465 e. The highest BCUT2D eigenvalue weighted by Gasteiger charge is 2.37. The molecule has 0 N–H and O–H groups in total. The fourth-order valence-corrected chi connectivity index (χ4v) is 2.61. The van der Waals surface area contributed by atoms with Gasteiger partial charge in [0.25, 0.3) is 0 Å². The van der Waals surface area contributed by atoms with E-state index >= 15 is 0 Å². The van der Waals surface area contributed by atoms with E-state index in [1.54, 1.807) is 0 Å². The Hall–Kier alpha value is -1.07. The summed E-state index contributed by atoms with van der Waals surface area (Å²) in [5.41, 5.74) is -1.22. The third-order valence-electron chi connectivity index (χ3n) is 3.78. The number of ether oxygens (including phenoxy) is 4. The van der Waals surface area contributed by atoms with Crippen LogP contribution in [0.25, 0.3) is 0 Å². The molecule has 0 aliphatic heterocycles. The van der Waals surface area contributed by atoms with Crippen LogP contribution in [0.1, 0.15) is 45.4 Å². The first-order valence-electron chi connectivity index (χ1n) is 9.77. The van der Waals surface area contributed by atoms with Crippen molar-refractivity contribution >= 4 is 61.8 Å². The molecule has 0 aliphatic carbocycles. The first-order chi connectivity index (χ1) is 14.3. The molecule has 0 fully saturated rings. The number of hydrogen-bond acceptors (Lipinski definition) is 11. The summed E-state index contributed by atoms with van der Waals surface area (Å²) < 4.78 is 21.1. The van der Waals surface area contributed by atoms with Crippen molar-refractivity contribution in [1.82, 2.24) is 0 Å². The molecule has 0 aromatic heterocycles. The quantitative estimate of drug-likeness (QED) is 0.164. The van der Waals surface area contributed by atoms with Gasteiger partial charge < -0.3 is 18.9 Å². The predicted octanol–water partition coefficient (Wildman–Crippen LogP) is 2.30. The molecule has 0 aromatic rings. The van der Waals surface area contributed by atoms with E-state index in [1.807, 2.05) is 6.92 Å². The van der Waals surface area contributed by atoms with E-state index in [4.69, 9.17) is 18.9 Å². The fraction of sp³-hybridized carbons (Fsp3) is 0.789. The van der Waals surface area contributed by atoms with E-state index in [9.17, 15) is 19.2 Å². The molecule has 174 valence electrons. The lowest BCUT2D eigenvalue weighted by Crippen LogP contribution is -2.44. The molecule has 0 radical (unpaired) electrons. The molecular formula is C19H32O8S3. The zero-order chi connectivity index (χ0) is 22.8. The minimum absolute atomic E-state index is 0.0794. The topological polar surface area (TPSA) is 105 Å². The molecule has 0 saturated heterocycles. The van der Waals surface area contributed by atoms with Crippen LogP contribution < -0.4 is 0 Å². The van der Waals surface area contributed by atoms with Crippen molar-refractivity contribution in [2.24, 2.45) is 5.41 Å². The van der Waals surface area contributed by atoms with Crippen LogP contribution in [0.4, 0.5) is 0 Å². The summed E-state index contributed by atoms with van der Waals surface area (Å²) in [6.07, 6.45) is 1.66. The molecule has 0 bridgehead atoms. The summed E-state index contributed by atoms with van der Waals surface area (Å²) >= 11 is 12.0. The number of hydrogen-bond donors (Lipinski definition) is 3. The number of rotatable bonds is 17. The van der Waals surface area contributed by atoms with Crippen LogP contribution in [-0.4, -0.2) is 67.6 Å². The van der Waals surface area contributed by atoms with E-state index in [-0.39, 0.29) is 52.1 Å². The van der Waals surface area contributed by atoms with Crippen LogP contribution in [-0.2, 0) is 38.1 Å². The maximum absolute atomic E-state index is 12.0. The minimum atomic E-state index is -1.22. The maximum Gasteiger partial charge on any atom is 0.306 e. The van der Waals surface area contributed by atoms with E-state index in [0.717, 1.165) is 0 Å². The third-order valence-corrected chi connectivity index (χ3v) is 4.55. The summed E-state index contributed by atoms with van der Waals surface area (Å²) in [6.45, 7) is 0.824. The lowest BCUT2D eigenvalue weighted by Gasteiger charge is -2.31. The standard InChI is InChI=1S/C19H32O8S3/c1-2-4-15(20)24-11-19(13-26-17(22)6-9-29,14-27-18(23)7-10-30)12-25-16(21)5-3-8-28/h28-30H,2-14H2,1H3. The monoisotopic (exact) mass is 484 g/mol. The van der Waals surface area contributed by atoms with Gasteiger partial charge in [-0.25, -0.2) is 0 Å². The van der Waals surface area contributed by atoms with Gasteiger partial charge in [0, 0.05) is 24.3 Å². The van der Waals surface area contributed by atoms with Gasteiger partial charge in [0.1, 0.15) is 31.8 Å². The molecule has 11 heteroatoms. The second-order valence-corrected chi connectivity index (χ2v) is 8.01. The van der Waals surface area contributed by atoms with Crippen LogP contribution in [0.3, 0.4) is 0 Å². The maximum atomic E-state index is 12.0. The Balaban J connectivity index is 5.36. The van der Waals surface area contributed by atoms with Crippen LogP contribution in [0.2, 0.25) is 0 Å². The Bertz CT molecular complexity index is 487. The Labute approximate surface area is 194 Å². The zero-order valence-corrected chi connectivity index (χ0v) is 20.0. The SMILES string of the molecule is CCCC(=O)OCC(COC(=O)CCS)(COC(=O)CCS)COC(=O)CCCS. The molecule has 0 saturated carbocycles. The van der Waals surface area contributed by atoms with E-state index in [0.29, 0.717) is 30.1 Å². The van der Waals surface area contributed by atoms with Crippen LogP contribution in [0.5, 0.6) is 0 Å². The molecular weight excluding hydrogens is 452 g/mol. The van der Waals surface area contributed by atoms with Gasteiger partial charge in [0.05, 0.1) is 12.8 Å². The first kappa shape index (κ1) is 28.9. The predicted molar refractivity (Wildman–Crippen MR) is 121 cm³/mol. The van der Waals surface area contributed by atoms with Gasteiger partial charge in [-0.3, -0.25) is 19.2 Å². The van der Waals surface area contributed by atoms with E-state index in [2.05, 4.69) is 37.9 Å². The number of carbonyl (C=O) groups is 4. The van der Waals surface area contributed by atoms with Crippen molar-refractivity contribution in [1.29, 1.82) is 0 Å². The summed E-state index contributed by atoms with van der Waals surface area (Å²) in [5, 5.41) is 0. The number of esters is 4. The van der Waals surface area contributed by atoms with Gasteiger partial charge >= 0.3 is 23.9 Å². The Kier molecular flexibility index (Phi) is 17.0. The highest BCUT2D eigenvalue weighted by atomic mass is 32.1. The molecule has 0 aromatic carbocycles. The molecule has 0 aliphatic rings. The number of thiol groups is 3. The van der Waals surface area contributed by atoms with E-state index in [1.165, 1.54) is 0 Å². The third kappa shape index (κ3) is 14.0. The van der Waals surface area contributed by atoms with Gasteiger partial charge in [-0.2, -0.15) is 37.9 Å². The smallest absolute Gasteiger partial charge is 0.306 e. The Morgan fingerprint density at radius 1 is 0.600 bits per heavy atom. The zero-order valence-electron chi connectivity index (χ0n) is 17.3. The summed E-state index contributed by atoms with van der Waals surface area (Å²) in [7, 11) is 0. The van der Waals surface area contributed by atoms with Crippen molar-refractivity contribution in [3.05, 3.63) is 0 Å². The van der Waals surface area contributed by atoms with Gasteiger partial charge in [0.2, 0.25) is 0 Å². The normalized spacial score (nSPS) is 10.9. The van der Waals surface area contributed by atoms with Gasteiger partial charge in [-0.05, 0) is 18.6 Å². The van der Waals surface area contributed by atoms with Crippen molar-refractivity contribution in [3.63, 3.8) is 0 Å². The van der Waals surface area contributed by atoms with Crippen molar-refractivity contribution in [3.8, 4) is 0 Å². The lowest BCUT2D eigenvalue weighted by atomic mass is 9.92. The van der Waals surface area contributed by atoms with Crippen LogP contribution >= 0.6 is 37.9 Å². The van der Waals surface area contributed by atoms with Gasteiger partial charge in [-0.15, -0.1) is 0 Å². The lowest BCUT2D eigenvalue weighted by molar-refractivity contribution is -0.170. The van der Waals surface area contributed by atoms with Crippen molar-refractivity contribution in [2.75, 3.05) is 43.7 Å². The number of carbonyl (C=O) groups excluding carboxylic acids is 4. The highest BCUT2D eigenvalue weighted by molar-refractivity contribution is 7.80. The van der Waals surface area contributed by atoms with E-state index < -0.39 is 29.3 Å². The average Bonchev–Trinajstić information content (AvgIpc) is 2.72. The Morgan fingerprint density at radius 3 is 1.30 bits per heavy atom. The highest BCUT2D eigenvalue weighted by Crippen LogP contribution is 2.22. The van der Waals surface area contributed by atoms with Crippen LogP contribution in [0, 0.1) is 5.41 Å². The second-order valence-electron chi connectivity index (χ2n) is 6.67. The molecule has 0 heterocycles. The second kappa shape index (κ2) is 17.6. The average molecular weight is 485 g/mol. The van der Waals surface area contributed by atoms with Gasteiger partial charge in [-0.1, -0.05) is 6.92 Å². The Morgan fingerprint density at radius 2 is 0.967 bits per heavy atom. The fourth-order valence-electron chi connectivity index (χ4n) is 2.08. The molecule has 0 rings (SSSR count). The van der Waals surface area contributed by atoms with Crippen molar-refractivity contribution in [2.45, 2.75) is 45.4 Å². The molecule has 0 amide bonds. The summed E-state index contributed by atoms with van der Waals surface area (Å²) in [4.78, 5) is 47.5. The minimum Gasteiger partial charge on any atom is -0.465 e. The molecule has 0 spiro atoms. The molecule has 30 heavy (non-hydrogen) atoms. The van der Waals surface area contributed by atoms with Gasteiger partial charge in [0.15, 0.2) is 0 Å². The van der Waals surface area contributed by atoms with Crippen LogP contribution in [0.15, 0.2) is 0 Å².